The molecule has 0 bridgehead atoms. The molecule has 8 heteroatoms. The van der Waals surface area contributed by atoms with E-state index in [2.05, 4.69) is 26.4 Å². The lowest BCUT2D eigenvalue weighted by atomic mass is 9.76. The third kappa shape index (κ3) is 2.13. The predicted molar refractivity (Wildman–Crippen MR) is 84.6 cm³/mol. The quantitative estimate of drug-likeness (QED) is 0.845. The molecule has 1 fully saturated rings. The van der Waals surface area contributed by atoms with Crippen molar-refractivity contribution in [3.8, 4) is 11.3 Å². The molecule has 1 spiro atoms. The van der Waals surface area contributed by atoms with E-state index in [9.17, 15) is 4.79 Å². The van der Waals surface area contributed by atoms with Crippen LogP contribution >= 0.6 is 0 Å². The van der Waals surface area contributed by atoms with Gasteiger partial charge in [0.15, 0.2) is 0 Å². The van der Waals surface area contributed by atoms with Crippen LogP contribution in [0.4, 0.5) is 10.7 Å². The molecule has 0 unspecified atom stereocenters. The van der Waals surface area contributed by atoms with Crippen LogP contribution in [0.25, 0.3) is 11.3 Å². The maximum absolute atomic E-state index is 11.9. The molecule has 0 radical (unpaired) electrons. The highest BCUT2D eigenvalue weighted by atomic mass is 16.2. The third-order valence-electron chi connectivity index (χ3n) is 4.70. The van der Waals surface area contributed by atoms with Crippen molar-refractivity contribution in [2.45, 2.75) is 25.3 Å². The van der Waals surface area contributed by atoms with Gasteiger partial charge in [0.25, 0.3) is 0 Å². The number of aryl methyl sites for hydroxylation is 1. The fourth-order valence-corrected chi connectivity index (χ4v) is 3.48. The molecule has 8 nitrogen and oxygen atoms in total. The smallest absolute Gasteiger partial charge is 0.317 e. The SMILES string of the molecule is CCNC(=O)N1CC2(CCn3nc(-c4cnc(N)nc4)cc32)C1. The first-order valence-corrected chi connectivity index (χ1v) is 7.80. The predicted octanol–water partition coefficient (Wildman–Crippen LogP) is 0.609. The minimum absolute atomic E-state index is 0.0169. The molecule has 23 heavy (non-hydrogen) atoms. The molecule has 0 atom stereocenters. The zero-order chi connectivity index (χ0) is 16.0. The van der Waals surface area contributed by atoms with Crippen LogP contribution in [0.3, 0.4) is 0 Å². The lowest BCUT2D eigenvalue weighted by Crippen LogP contribution is -2.62. The van der Waals surface area contributed by atoms with Crippen molar-refractivity contribution in [3.63, 3.8) is 0 Å². The Labute approximate surface area is 133 Å². The van der Waals surface area contributed by atoms with E-state index < -0.39 is 0 Å². The molecule has 0 aromatic carbocycles. The summed E-state index contributed by atoms with van der Waals surface area (Å²) in [7, 11) is 0. The summed E-state index contributed by atoms with van der Waals surface area (Å²) in [4.78, 5) is 21.8. The molecule has 1 saturated heterocycles. The number of aromatic nitrogens is 4. The Morgan fingerprint density at radius 3 is 2.83 bits per heavy atom. The molecule has 2 aromatic heterocycles. The first-order valence-electron chi connectivity index (χ1n) is 7.80. The van der Waals surface area contributed by atoms with E-state index >= 15 is 0 Å². The Morgan fingerprint density at radius 1 is 1.39 bits per heavy atom. The van der Waals surface area contributed by atoms with Crippen LogP contribution < -0.4 is 11.1 Å². The number of nitrogen functional groups attached to an aromatic ring is 1. The van der Waals surface area contributed by atoms with Gasteiger partial charge < -0.3 is 16.0 Å². The molecule has 2 amide bonds. The Morgan fingerprint density at radius 2 is 2.13 bits per heavy atom. The van der Waals surface area contributed by atoms with Gasteiger partial charge in [-0.05, 0) is 19.4 Å². The van der Waals surface area contributed by atoms with Gasteiger partial charge in [-0.25, -0.2) is 14.8 Å². The Hall–Kier alpha value is -2.64. The molecule has 0 aliphatic carbocycles. The van der Waals surface area contributed by atoms with Gasteiger partial charge in [0, 0.05) is 55.2 Å². The van der Waals surface area contributed by atoms with Crippen molar-refractivity contribution in [1.29, 1.82) is 0 Å². The van der Waals surface area contributed by atoms with Crippen molar-refractivity contribution in [1.82, 2.24) is 30.0 Å². The summed E-state index contributed by atoms with van der Waals surface area (Å²) >= 11 is 0. The topological polar surface area (TPSA) is 102 Å². The minimum Gasteiger partial charge on any atom is -0.368 e. The largest absolute Gasteiger partial charge is 0.368 e. The second kappa shape index (κ2) is 4.94. The summed E-state index contributed by atoms with van der Waals surface area (Å²) in [6, 6.07) is 2.11. The Balaban J connectivity index is 1.56. The van der Waals surface area contributed by atoms with Gasteiger partial charge in [-0.1, -0.05) is 0 Å². The van der Waals surface area contributed by atoms with Crippen LogP contribution in [0.2, 0.25) is 0 Å². The van der Waals surface area contributed by atoms with Gasteiger partial charge in [0.1, 0.15) is 0 Å². The number of likely N-dealkylation sites (tertiary alicyclic amines) is 1. The second-order valence-corrected chi connectivity index (χ2v) is 6.19. The summed E-state index contributed by atoms with van der Waals surface area (Å²) in [6.07, 6.45) is 4.41. The van der Waals surface area contributed by atoms with Crippen molar-refractivity contribution >= 4 is 12.0 Å². The van der Waals surface area contributed by atoms with Gasteiger partial charge in [-0.3, -0.25) is 4.68 Å². The van der Waals surface area contributed by atoms with Gasteiger partial charge >= 0.3 is 6.03 Å². The molecule has 2 aliphatic rings. The van der Waals surface area contributed by atoms with Crippen LogP contribution in [-0.2, 0) is 12.0 Å². The van der Waals surface area contributed by atoms with Crippen molar-refractivity contribution in [2.24, 2.45) is 0 Å². The number of nitrogens with one attached hydrogen (secondary N) is 1. The van der Waals surface area contributed by atoms with Gasteiger partial charge in [0.05, 0.1) is 5.69 Å². The number of nitrogens with zero attached hydrogens (tertiary/aromatic N) is 5. The lowest BCUT2D eigenvalue weighted by Gasteiger charge is -2.47. The normalized spacial score (nSPS) is 17.9. The molecule has 4 heterocycles. The second-order valence-electron chi connectivity index (χ2n) is 6.19. The Kier molecular flexibility index (Phi) is 3.00. The van der Waals surface area contributed by atoms with Crippen LogP contribution in [0, 0.1) is 0 Å². The van der Waals surface area contributed by atoms with E-state index in [0.717, 1.165) is 37.3 Å². The van der Waals surface area contributed by atoms with E-state index in [1.54, 1.807) is 12.4 Å². The van der Waals surface area contributed by atoms with Gasteiger partial charge in [-0.2, -0.15) is 5.10 Å². The van der Waals surface area contributed by atoms with Crippen LogP contribution in [0.5, 0.6) is 0 Å². The maximum atomic E-state index is 11.9. The van der Waals surface area contributed by atoms with Crippen LogP contribution in [0.1, 0.15) is 19.0 Å². The average molecular weight is 313 g/mol. The third-order valence-corrected chi connectivity index (χ3v) is 4.70. The summed E-state index contributed by atoms with van der Waals surface area (Å²) in [5, 5.41) is 7.50. The number of urea groups is 1. The molecule has 0 saturated carbocycles. The van der Waals surface area contributed by atoms with E-state index in [1.807, 2.05) is 16.5 Å². The van der Waals surface area contributed by atoms with E-state index in [0.29, 0.717) is 6.54 Å². The van der Waals surface area contributed by atoms with Gasteiger partial charge in [-0.15, -0.1) is 0 Å². The van der Waals surface area contributed by atoms with E-state index in [4.69, 9.17) is 5.73 Å². The first kappa shape index (κ1) is 14.0. The summed E-state index contributed by atoms with van der Waals surface area (Å²) < 4.78 is 2.04. The number of hydrogen-bond acceptors (Lipinski definition) is 5. The zero-order valence-corrected chi connectivity index (χ0v) is 13.0. The average Bonchev–Trinajstić information content (AvgIpc) is 3.05. The zero-order valence-electron chi connectivity index (χ0n) is 13.0. The number of hydrogen-bond donors (Lipinski definition) is 2. The number of fused-ring (bicyclic) bond motifs is 2. The fraction of sp³-hybridized carbons (Fsp3) is 0.467. The first-order chi connectivity index (χ1) is 11.1. The van der Waals surface area contributed by atoms with Crippen LogP contribution in [-0.4, -0.2) is 50.3 Å². The Bertz CT molecular complexity index is 746. The number of nitrogens with two attached hydrogens (primary N) is 1. The highest BCUT2D eigenvalue weighted by Crippen LogP contribution is 2.43. The summed E-state index contributed by atoms with van der Waals surface area (Å²) in [5.74, 6) is 0.258. The molecular weight excluding hydrogens is 294 g/mol. The minimum atomic E-state index is 0.0169. The fourth-order valence-electron chi connectivity index (χ4n) is 3.48. The number of anilines is 1. The highest BCUT2D eigenvalue weighted by Gasteiger charge is 2.51. The molecule has 2 aliphatic heterocycles. The van der Waals surface area contributed by atoms with Crippen molar-refractivity contribution < 1.29 is 4.79 Å². The summed E-state index contributed by atoms with van der Waals surface area (Å²) in [6.45, 7) is 4.97. The molecule has 3 N–H and O–H groups in total. The summed E-state index contributed by atoms with van der Waals surface area (Å²) in [5.41, 5.74) is 8.49. The van der Waals surface area contributed by atoms with Crippen molar-refractivity contribution in [3.05, 3.63) is 24.2 Å². The van der Waals surface area contributed by atoms with E-state index in [-0.39, 0.29) is 17.4 Å². The molecule has 120 valence electrons. The monoisotopic (exact) mass is 313 g/mol. The molecule has 2 aromatic rings. The van der Waals surface area contributed by atoms with E-state index in [1.165, 1.54) is 5.69 Å². The number of amides is 2. The molecule has 4 rings (SSSR count). The van der Waals surface area contributed by atoms with Gasteiger partial charge in [0.2, 0.25) is 5.95 Å². The number of rotatable bonds is 2. The van der Waals surface area contributed by atoms with Crippen molar-refractivity contribution in [2.75, 3.05) is 25.4 Å². The standard InChI is InChI=1S/C15H19N7O/c1-2-17-14(23)21-8-15(9-21)3-4-22-12(15)5-11(20-22)10-6-18-13(16)19-7-10/h5-7H,2-4,8-9H2,1H3,(H,17,23)(H2,16,18,19). The maximum Gasteiger partial charge on any atom is 0.317 e. The number of carbonyl (C=O) groups is 1. The lowest BCUT2D eigenvalue weighted by molar-refractivity contribution is 0.0925. The number of carbonyl (C=O) groups excluding carboxylic acids is 1. The highest BCUT2D eigenvalue weighted by molar-refractivity contribution is 5.76. The van der Waals surface area contributed by atoms with Crippen LogP contribution in [0.15, 0.2) is 18.5 Å². The molecular formula is C15H19N7O.